The third-order valence-corrected chi connectivity index (χ3v) is 10.9. The largest absolute Gasteiger partial charge is 0.397 e. The molecule has 0 spiro atoms. The SMILES string of the molecule is C.Cc1ccc(CCC(=O)Cc2cnc3ccccc3c2)c(N2CCC(C)CC2)n1.Cc1ccc(CN)c(N2CCC(C)CC2)n1.Nc1cnc2ccccc2c1. The Labute approximate surface area is 340 Å². The van der Waals surface area contributed by atoms with Gasteiger partial charge in [-0.05, 0) is 105 Å². The van der Waals surface area contributed by atoms with E-state index in [0.29, 0.717) is 25.1 Å². The van der Waals surface area contributed by atoms with Crippen LogP contribution in [0.15, 0.2) is 97.3 Å². The van der Waals surface area contributed by atoms with Crippen LogP contribution in [-0.2, 0) is 24.2 Å². The Balaban J connectivity index is 0.000000185. The summed E-state index contributed by atoms with van der Waals surface area (Å²) < 4.78 is 0. The molecular weight excluding hydrogens is 705 g/mol. The molecule has 2 aromatic carbocycles. The van der Waals surface area contributed by atoms with Gasteiger partial charge in [0.2, 0.25) is 0 Å². The fourth-order valence-electron chi connectivity index (χ4n) is 7.38. The van der Waals surface area contributed by atoms with E-state index in [4.69, 9.17) is 16.5 Å². The predicted molar refractivity (Wildman–Crippen MR) is 239 cm³/mol. The first-order valence-electron chi connectivity index (χ1n) is 20.2. The molecule has 300 valence electrons. The van der Waals surface area contributed by atoms with Crippen LogP contribution in [0.3, 0.4) is 0 Å². The third kappa shape index (κ3) is 12.0. The minimum atomic E-state index is 0. The molecule has 0 bridgehead atoms. The Morgan fingerprint density at radius 1 is 0.684 bits per heavy atom. The number of piperidine rings is 2. The third-order valence-electron chi connectivity index (χ3n) is 10.9. The van der Waals surface area contributed by atoms with E-state index >= 15 is 0 Å². The van der Waals surface area contributed by atoms with Crippen molar-refractivity contribution < 1.29 is 4.79 Å². The molecule has 4 N–H and O–H groups in total. The van der Waals surface area contributed by atoms with E-state index in [0.717, 1.165) is 94.8 Å². The summed E-state index contributed by atoms with van der Waals surface area (Å²) in [5, 5.41) is 2.18. The molecule has 9 nitrogen and oxygen atoms in total. The number of hydrogen-bond acceptors (Lipinski definition) is 9. The number of anilines is 3. The number of nitrogen functional groups attached to an aromatic ring is 1. The van der Waals surface area contributed by atoms with E-state index in [9.17, 15) is 4.79 Å². The Hall–Kier alpha value is -5.41. The van der Waals surface area contributed by atoms with Crippen LogP contribution in [0.5, 0.6) is 0 Å². The van der Waals surface area contributed by atoms with Gasteiger partial charge in [0.15, 0.2) is 0 Å². The average Bonchev–Trinajstić information content (AvgIpc) is 3.21. The number of fused-ring (bicyclic) bond motifs is 2. The molecule has 0 amide bonds. The highest BCUT2D eigenvalue weighted by Crippen LogP contribution is 2.27. The van der Waals surface area contributed by atoms with E-state index in [1.807, 2.05) is 80.7 Å². The fraction of sp³-hybridized carbons (Fsp3) is 0.396. The van der Waals surface area contributed by atoms with Gasteiger partial charge in [-0.3, -0.25) is 14.8 Å². The number of ketones is 1. The van der Waals surface area contributed by atoms with Gasteiger partial charge in [0.1, 0.15) is 17.4 Å². The van der Waals surface area contributed by atoms with Crippen LogP contribution in [-0.4, -0.2) is 51.9 Å². The molecule has 2 fully saturated rings. The summed E-state index contributed by atoms with van der Waals surface area (Å²) in [6, 6.07) is 28.3. The van der Waals surface area contributed by atoms with E-state index in [2.05, 4.69) is 62.9 Å². The number of para-hydroxylation sites is 2. The molecule has 0 unspecified atom stereocenters. The van der Waals surface area contributed by atoms with Gasteiger partial charge in [-0.15, -0.1) is 0 Å². The van der Waals surface area contributed by atoms with Crippen molar-refractivity contribution in [2.45, 2.75) is 86.6 Å². The first-order valence-corrected chi connectivity index (χ1v) is 20.2. The Morgan fingerprint density at radius 2 is 1.18 bits per heavy atom. The number of aryl methyl sites for hydroxylation is 3. The number of pyridine rings is 4. The molecule has 2 aliphatic rings. The van der Waals surface area contributed by atoms with Gasteiger partial charge in [0.05, 0.1) is 22.9 Å². The number of Topliss-reactive ketones (excluding diaryl/α,β-unsaturated/α-hetero) is 1. The molecule has 0 atom stereocenters. The van der Waals surface area contributed by atoms with Crippen molar-refractivity contribution in [3.63, 3.8) is 0 Å². The predicted octanol–water partition coefficient (Wildman–Crippen LogP) is 9.46. The van der Waals surface area contributed by atoms with Crippen molar-refractivity contribution in [2.24, 2.45) is 17.6 Å². The maximum atomic E-state index is 12.7. The Morgan fingerprint density at radius 3 is 1.74 bits per heavy atom. The fourth-order valence-corrected chi connectivity index (χ4v) is 7.38. The number of hydrogen-bond donors (Lipinski definition) is 2. The normalized spacial score (nSPS) is 14.6. The molecule has 6 heterocycles. The van der Waals surface area contributed by atoms with Crippen molar-refractivity contribution in [3.8, 4) is 0 Å². The summed E-state index contributed by atoms with van der Waals surface area (Å²) >= 11 is 0. The van der Waals surface area contributed by atoms with E-state index in [1.165, 1.54) is 36.8 Å². The van der Waals surface area contributed by atoms with Crippen molar-refractivity contribution >= 4 is 44.9 Å². The second kappa shape index (κ2) is 20.7. The summed E-state index contributed by atoms with van der Waals surface area (Å²) in [7, 11) is 0. The zero-order chi connectivity index (χ0) is 39.4. The van der Waals surface area contributed by atoms with E-state index < -0.39 is 0 Å². The first kappa shape index (κ1) is 42.7. The topological polar surface area (TPSA) is 127 Å². The van der Waals surface area contributed by atoms with Crippen molar-refractivity contribution in [1.29, 1.82) is 0 Å². The van der Waals surface area contributed by atoms with Gasteiger partial charge >= 0.3 is 0 Å². The lowest BCUT2D eigenvalue weighted by Gasteiger charge is -2.32. The molecule has 4 aromatic heterocycles. The van der Waals surface area contributed by atoms with Crippen LogP contribution >= 0.6 is 0 Å². The highest BCUT2D eigenvalue weighted by molar-refractivity contribution is 5.84. The lowest BCUT2D eigenvalue weighted by atomic mass is 9.98. The molecular formula is C48H62N8O. The maximum Gasteiger partial charge on any atom is 0.137 e. The number of carbonyl (C=O) groups excluding carboxylic acids is 1. The first-order chi connectivity index (χ1) is 27.1. The van der Waals surface area contributed by atoms with Crippen molar-refractivity contribution in [3.05, 3.63) is 125 Å². The van der Waals surface area contributed by atoms with E-state index in [-0.39, 0.29) is 13.2 Å². The summed E-state index contributed by atoms with van der Waals surface area (Å²) in [5.41, 5.74) is 19.5. The van der Waals surface area contributed by atoms with Crippen LogP contribution in [0, 0.1) is 25.7 Å². The van der Waals surface area contributed by atoms with Crippen LogP contribution in [0.2, 0.25) is 0 Å². The number of benzene rings is 2. The minimum absolute atomic E-state index is 0. The standard InChI is InChI=1S/C25H29N3O.C13H21N3.C9H8N2.CH4/c1-18-11-13-28(14-12-18)25-21(8-7-19(2)27-25)9-10-23(29)16-20-15-22-5-3-4-6-24(22)26-17-20;1-10-5-7-16(8-6-10)13-12(9-14)4-3-11(2)15-13;10-8-5-7-3-1-2-4-9(7)11-6-8;/h3-8,15,17-18H,9-14,16H2,1-2H3;3-4,10H,5-9,14H2,1-2H3;1-6H,10H2;1H4. The quantitative estimate of drug-likeness (QED) is 0.156. The molecule has 0 saturated carbocycles. The van der Waals surface area contributed by atoms with Gasteiger partial charge in [-0.1, -0.05) is 69.8 Å². The maximum absolute atomic E-state index is 12.7. The highest BCUT2D eigenvalue weighted by atomic mass is 16.1. The molecule has 0 aliphatic carbocycles. The molecule has 8 rings (SSSR count). The molecule has 9 heteroatoms. The van der Waals surface area contributed by atoms with Crippen LogP contribution in [0.25, 0.3) is 21.8 Å². The average molecular weight is 767 g/mol. The smallest absolute Gasteiger partial charge is 0.137 e. The zero-order valence-electron chi connectivity index (χ0n) is 33.6. The zero-order valence-corrected chi connectivity index (χ0v) is 33.6. The van der Waals surface area contributed by atoms with Gasteiger partial charge < -0.3 is 21.3 Å². The number of aromatic nitrogens is 4. The molecule has 2 aliphatic heterocycles. The molecule has 57 heavy (non-hydrogen) atoms. The summed E-state index contributed by atoms with van der Waals surface area (Å²) in [6.45, 7) is 13.6. The number of nitrogens with two attached hydrogens (primary N) is 2. The summed E-state index contributed by atoms with van der Waals surface area (Å²) in [6.07, 6.45) is 10.2. The molecule has 0 radical (unpaired) electrons. The summed E-state index contributed by atoms with van der Waals surface area (Å²) in [4.78, 5) is 35.5. The monoisotopic (exact) mass is 767 g/mol. The number of nitrogens with zero attached hydrogens (tertiary/aromatic N) is 6. The van der Waals surface area contributed by atoms with Crippen LogP contribution in [0.1, 0.15) is 81.5 Å². The highest BCUT2D eigenvalue weighted by Gasteiger charge is 2.21. The van der Waals surface area contributed by atoms with Gasteiger partial charge in [-0.25, -0.2) is 9.97 Å². The van der Waals surface area contributed by atoms with Crippen molar-refractivity contribution in [2.75, 3.05) is 41.7 Å². The van der Waals surface area contributed by atoms with Crippen LogP contribution in [0.4, 0.5) is 17.3 Å². The summed E-state index contributed by atoms with van der Waals surface area (Å²) in [5.74, 6) is 4.08. The lowest BCUT2D eigenvalue weighted by molar-refractivity contribution is -0.118. The lowest BCUT2D eigenvalue weighted by Crippen LogP contribution is -2.34. The van der Waals surface area contributed by atoms with Crippen molar-refractivity contribution in [1.82, 2.24) is 19.9 Å². The van der Waals surface area contributed by atoms with Crippen LogP contribution < -0.4 is 21.3 Å². The Kier molecular flexibility index (Phi) is 15.5. The number of carbonyl (C=O) groups is 1. The second-order valence-corrected chi connectivity index (χ2v) is 15.6. The Bertz CT molecular complexity index is 2210. The van der Waals surface area contributed by atoms with Gasteiger partial charge in [0.25, 0.3) is 0 Å². The molecule has 2 saturated heterocycles. The van der Waals surface area contributed by atoms with Gasteiger partial charge in [-0.2, -0.15) is 0 Å². The van der Waals surface area contributed by atoms with Gasteiger partial charge in [0, 0.05) is 79.5 Å². The minimum Gasteiger partial charge on any atom is -0.397 e. The second-order valence-electron chi connectivity index (χ2n) is 15.6. The number of rotatable bonds is 8. The molecule has 6 aromatic rings. The van der Waals surface area contributed by atoms with E-state index in [1.54, 1.807) is 6.20 Å².